The highest BCUT2D eigenvalue weighted by Crippen LogP contribution is 2.49. The first-order chi connectivity index (χ1) is 11.3. The first-order valence-corrected chi connectivity index (χ1v) is 8.23. The van der Waals surface area contributed by atoms with Gasteiger partial charge in [0.05, 0.1) is 23.5 Å². The van der Waals surface area contributed by atoms with Crippen LogP contribution in [0.4, 0.5) is 0 Å². The van der Waals surface area contributed by atoms with E-state index in [2.05, 4.69) is 15.0 Å². The molecule has 0 aliphatic carbocycles. The number of aromatic amines is 2. The molecule has 24 heavy (non-hydrogen) atoms. The Morgan fingerprint density at radius 1 is 1.46 bits per heavy atom. The van der Waals surface area contributed by atoms with E-state index in [0.717, 1.165) is 0 Å². The Balaban J connectivity index is 1.74. The summed E-state index contributed by atoms with van der Waals surface area (Å²) in [5.41, 5.74) is -2.38. The van der Waals surface area contributed by atoms with Crippen molar-refractivity contribution >= 4 is 18.1 Å². The maximum absolute atomic E-state index is 11.9. The van der Waals surface area contributed by atoms with Gasteiger partial charge in [0.1, 0.15) is 29.2 Å². The quantitative estimate of drug-likeness (QED) is 0.397. The smallest absolute Gasteiger partial charge is 0.326 e. The van der Waals surface area contributed by atoms with Gasteiger partial charge in [0.15, 0.2) is 6.23 Å². The van der Waals surface area contributed by atoms with Crippen molar-refractivity contribution in [3.05, 3.63) is 26.5 Å². The molecule has 3 aliphatic heterocycles. The molecular weight excluding hydrogens is 340 g/mol. The maximum Gasteiger partial charge on any atom is 0.326 e. The first kappa shape index (κ1) is 15.8. The van der Waals surface area contributed by atoms with Crippen molar-refractivity contribution in [1.82, 2.24) is 14.9 Å². The first-order valence-electron chi connectivity index (χ1n) is 7.35. The largest absolute Gasteiger partial charge is 0.394 e. The second kappa shape index (κ2) is 5.17. The Bertz CT molecular complexity index is 819. The number of thioether (sulfide) groups is 1. The molecule has 4 rings (SSSR count). The van der Waals surface area contributed by atoms with Crippen molar-refractivity contribution in [1.29, 1.82) is 0 Å². The van der Waals surface area contributed by atoms with Crippen LogP contribution in [0.3, 0.4) is 0 Å². The van der Waals surface area contributed by atoms with Crippen LogP contribution in [0.25, 0.3) is 0 Å². The summed E-state index contributed by atoms with van der Waals surface area (Å²) in [6, 6.07) is -0.513. The molecule has 11 heteroatoms. The summed E-state index contributed by atoms with van der Waals surface area (Å²) in [7, 11) is 0. The number of ether oxygens (including phenoxy) is 1. The zero-order chi connectivity index (χ0) is 17.2. The van der Waals surface area contributed by atoms with E-state index in [1.165, 1.54) is 25.0 Å². The number of rotatable bonds is 2. The maximum atomic E-state index is 11.9. The summed E-state index contributed by atoms with van der Waals surface area (Å²) in [5.74, 6) is 0. The fraction of sp³-hybridized carbons (Fsp3) is 0.615. The van der Waals surface area contributed by atoms with Crippen LogP contribution in [0.1, 0.15) is 18.7 Å². The zero-order valence-corrected chi connectivity index (χ0v) is 13.4. The average molecular weight is 356 g/mol. The van der Waals surface area contributed by atoms with Crippen molar-refractivity contribution in [2.45, 2.75) is 47.3 Å². The molecule has 1 fully saturated rings. The molecule has 0 amide bonds. The number of fused-ring (bicyclic) bond motifs is 3. The molecule has 0 aromatic carbocycles. The third-order valence-corrected chi connectivity index (χ3v) is 5.87. The van der Waals surface area contributed by atoms with E-state index in [1.54, 1.807) is 4.90 Å². The summed E-state index contributed by atoms with van der Waals surface area (Å²) in [6.07, 6.45) is -1.75. The second-order valence-corrected chi connectivity index (χ2v) is 7.32. The van der Waals surface area contributed by atoms with E-state index < -0.39 is 47.9 Å². The van der Waals surface area contributed by atoms with E-state index in [0.29, 0.717) is 10.6 Å². The molecular formula is C13H16N4O6S. The molecule has 1 aromatic heterocycles. The molecule has 1 aromatic rings. The molecule has 5 N–H and O–H groups in total. The molecule has 10 nitrogen and oxygen atoms in total. The number of aliphatic hydroxyl groups is 3. The average Bonchev–Trinajstić information content (AvgIpc) is 3.13. The van der Waals surface area contributed by atoms with Gasteiger partial charge in [-0.25, -0.2) is 4.79 Å². The van der Waals surface area contributed by atoms with Gasteiger partial charge >= 0.3 is 5.69 Å². The number of hydrogen-bond acceptors (Lipinski definition) is 9. The fourth-order valence-corrected chi connectivity index (χ4v) is 4.61. The van der Waals surface area contributed by atoms with Crippen molar-refractivity contribution in [2.24, 2.45) is 4.99 Å². The third-order valence-electron chi connectivity index (χ3n) is 4.60. The number of aliphatic hydroxyl groups excluding tert-OH is 2. The molecule has 1 saturated heterocycles. The van der Waals surface area contributed by atoms with Crippen molar-refractivity contribution in [3.8, 4) is 0 Å². The molecule has 2 unspecified atom stereocenters. The van der Waals surface area contributed by atoms with E-state index >= 15 is 0 Å². The Kier molecular flexibility index (Phi) is 3.41. The topological polar surface area (TPSA) is 151 Å². The standard InChI is InChI=1S/C13H16N4O6S/c1-13(22)8(19)4(2-18)23-11(13)17-3-14-10-6(17)5-7(24-10)9(20)16-12(21)15-5/h3-4,6,8,10-11,18-19,22H,2H2,1H3,(H2,15,16,20,21)/t4-,6?,8-,10?,11-,13+/m1/s1. The van der Waals surface area contributed by atoms with Gasteiger partial charge in [0, 0.05) is 0 Å². The van der Waals surface area contributed by atoms with Gasteiger partial charge in [-0.3, -0.25) is 14.8 Å². The minimum atomic E-state index is -1.66. The van der Waals surface area contributed by atoms with Gasteiger partial charge in [-0.15, -0.1) is 0 Å². The van der Waals surface area contributed by atoms with E-state index in [9.17, 15) is 24.9 Å². The molecule has 4 heterocycles. The van der Waals surface area contributed by atoms with Crippen LogP contribution in [0.5, 0.6) is 0 Å². The minimum absolute atomic E-state index is 0.364. The number of nitrogens with one attached hydrogen (secondary N) is 2. The molecule has 130 valence electrons. The number of hydrogen-bond donors (Lipinski definition) is 5. The van der Waals surface area contributed by atoms with Crippen LogP contribution in [0.15, 0.2) is 19.5 Å². The number of aliphatic imine (C=N–C) groups is 1. The molecule has 6 atom stereocenters. The lowest BCUT2D eigenvalue weighted by molar-refractivity contribution is -0.119. The number of nitrogens with zero attached hydrogens (tertiary/aromatic N) is 2. The van der Waals surface area contributed by atoms with E-state index in [1.807, 2.05) is 0 Å². The predicted molar refractivity (Wildman–Crippen MR) is 82.8 cm³/mol. The molecule has 3 aliphatic rings. The summed E-state index contributed by atoms with van der Waals surface area (Å²) in [4.78, 5) is 34.6. The summed E-state index contributed by atoms with van der Waals surface area (Å²) < 4.78 is 5.60. The minimum Gasteiger partial charge on any atom is -0.394 e. The highest BCUT2D eigenvalue weighted by Gasteiger charge is 2.57. The zero-order valence-electron chi connectivity index (χ0n) is 12.5. The van der Waals surface area contributed by atoms with Gasteiger partial charge in [-0.05, 0) is 6.92 Å². The molecule has 0 radical (unpaired) electrons. The van der Waals surface area contributed by atoms with Crippen LogP contribution in [-0.2, 0) is 4.74 Å². The SMILES string of the molecule is C[C@]1(O)[C@H](O)[C@@H](CO)O[C@H]1N1C=NC2Sc3c([nH]c(=O)[nH]c3=O)C21. The summed E-state index contributed by atoms with van der Waals surface area (Å²) in [6.45, 7) is 0.956. The molecule has 0 spiro atoms. The highest BCUT2D eigenvalue weighted by atomic mass is 32.2. The van der Waals surface area contributed by atoms with Crippen LogP contribution in [0.2, 0.25) is 0 Å². The Labute approximate surface area is 139 Å². The van der Waals surface area contributed by atoms with Gasteiger partial charge in [0.25, 0.3) is 5.56 Å². The van der Waals surface area contributed by atoms with Gasteiger partial charge in [0.2, 0.25) is 0 Å². The summed E-state index contributed by atoms with van der Waals surface area (Å²) >= 11 is 1.21. The van der Waals surface area contributed by atoms with Crippen molar-refractivity contribution < 1.29 is 20.1 Å². The Hall–Kier alpha value is -1.66. The third kappa shape index (κ3) is 2.02. The normalized spacial score (nSPS) is 40.2. The molecule has 0 bridgehead atoms. The van der Waals surface area contributed by atoms with Crippen LogP contribution in [0, 0.1) is 0 Å². The van der Waals surface area contributed by atoms with Gasteiger partial charge in [-0.2, -0.15) is 0 Å². The monoisotopic (exact) mass is 356 g/mol. The predicted octanol–water partition coefficient (Wildman–Crippen LogP) is -2.29. The highest BCUT2D eigenvalue weighted by molar-refractivity contribution is 8.00. The van der Waals surface area contributed by atoms with Crippen molar-refractivity contribution in [3.63, 3.8) is 0 Å². The Morgan fingerprint density at radius 2 is 2.21 bits per heavy atom. The van der Waals surface area contributed by atoms with Gasteiger partial charge in [-0.1, -0.05) is 11.8 Å². The van der Waals surface area contributed by atoms with Crippen LogP contribution >= 0.6 is 11.8 Å². The Morgan fingerprint density at radius 3 is 2.88 bits per heavy atom. The fourth-order valence-electron chi connectivity index (χ4n) is 3.39. The lowest BCUT2D eigenvalue weighted by atomic mass is 9.95. The lowest BCUT2D eigenvalue weighted by Crippen LogP contribution is -2.53. The van der Waals surface area contributed by atoms with Crippen LogP contribution in [-0.4, -0.2) is 72.5 Å². The van der Waals surface area contributed by atoms with Gasteiger partial charge < -0.3 is 29.9 Å². The number of aromatic nitrogens is 2. The van der Waals surface area contributed by atoms with E-state index in [-0.39, 0.29) is 5.37 Å². The number of H-pyrrole nitrogens is 2. The van der Waals surface area contributed by atoms with Crippen LogP contribution < -0.4 is 11.2 Å². The lowest BCUT2D eigenvalue weighted by Gasteiger charge is -2.36. The summed E-state index contributed by atoms with van der Waals surface area (Å²) in [5, 5.41) is 29.7. The van der Waals surface area contributed by atoms with E-state index in [4.69, 9.17) is 4.74 Å². The second-order valence-electron chi connectivity index (χ2n) is 6.20. The molecule has 0 saturated carbocycles. The van der Waals surface area contributed by atoms with Crippen molar-refractivity contribution in [2.75, 3.05) is 6.61 Å².